The molecule has 1 aromatic heterocycles. The van der Waals surface area contributed by atoms with Crippen LogP contribution in [0.4, 0.5) is 0 Å². The predicted octanol–water partition coefficient (Wildman–Crippen LogP) is 3.71. The fourth-order valence-corrected chi connectivity index (χ4v) is 2.18. The number of hydrogen-bond donors (Lipinski definition) is 1. The van der Waals surface area contributed by atoms with Crippen LogP contribution in [-0.2, 0) is 10.3 Å². The van der Waals surface area contributed by atoms with E-state index in [9.17, 15) is 5.11 Å². The molecule has 1 aromatic carbocycles. The summed E-state index contributed by atoms with van der Waals surface area (Å²) in [6.45, 7) is 6.48. The standard InChI is InChI=1S/C14H17IN2O3/c1-4-14(3,19-5-2)13-16-12(20-17-13)9-6-7-10(15)11(18)8-9/h6-8,18H,4-5H2,1-3H3. The zero-order valence-corrected chi connectivity index (χ0v) is 13.8. The molecular weight excluding hydrogens is 371 g/mol. The quantitative estimate of drug-likeness (QED) is 0.791. The van der Waals surface area contributed by atoms with Crippen LogP contribution >= 0.6 is 22.6 Å². The minimum Gasteiger partial charge on any atom is -0.507 e. The summed E-state index contributed by atoms with van der Waals surface area (Å²) in [4.78, 5) is 4.40. The largest absolute Gasteiger partial charge is 0.507 e. The monoisotopic (exact) mass is 388 g/mol. The molecular formula is C14H17IN2O3. The number of rotatable bonds is 5. The summed E-state index contributed by atoms with van der Waals surface area (Å²) in [7, 11) is 0. The van der Waals surface area contributed by atoms with E-state index in [1.165, 1.54) is 0 Å². The van der Waals surface area contributed by atoms with Crippen molar-refractivity contribution in [1.29, 1.82) is 0 Å². The Labute approximate surface area is 131 Å². The number of aromatic nitrogens is 2. The number of ether oxygens (including phenoxy) is 1. The first-order valence-corrected chi connectivity index (χ1v) is 7.55. The van der Waals surface area contributed by atoms with Crippen molar-refractivity contribution in [2.24, 2.45) is 0 Å². The second-order valence-corrected chi connectivity index (χ2v) is 5.77. The molecule has 108 valence electrons. The topological polar surface area (TPSA) is 68.4 Å². The van der Waals surface area contributed by atoms with Crippen LogP contribution in [0.1, 0.15) is 33.0 Å². The Kier molecular flexibility index (Phi) is 4.64. The number of benzene rings is 1. The van der Waals surface area contributed by atoms with Crippen LogP contribution in [0.25, 0.3) is 11.5 Å². The van der Waals surface area contributed by atoms with Crippen molar-refractivity contribution >= 4 is 22.6 Å². The fourth-order valence-electron chi connectivity index (χ4n) is 1.84. The molecule has 20 heavy (non-hydrogen) atoms. The Morgan fingerprint density at radius 2 is 2.15 bits per heavy atom. The van der Waals surface area contributed by atoms with E-state index in [-0.39, 0.29) is 5.75 Å². The Bertz CT molecular complexity index is 600. The molecule has 0 spiro atoms. The van der Waals surface area contributed by atoms with Gasteiger partial charge in [0.1, 0.15) is 11.4 Å². The first-order valence-electron chi connectivity index (χ1n) is 6.47. The van der Waals surface area contributed by atoms with Crippen LogP contribution in [0.3, 0.4) is 0 Å². The first-order chi connectivity index (χ1) is 9.50. The highest BCUT2D eigenvalue weighted by Crippen LogP contribution is 2.30. The third-order valence-electron chi connectivity index (χ3n) is 3.23. The van der Waals surface area contributed by atoms with Gasteiger partial charge in [0.25, 0.3) is 5.89 Å². The van der Waals surface area contributed by atoms with Gasteiger partial charge in [0, 0.05) is 12.2 Å². The molecule has 2 aromatic rings. The Balaban J connectivity index is 2.34. The van der Waals surface area contributed by atoms with E-state index in [4.69, 9.17) is 9.26 Å². The molecule has 0 fully saturated rings. The average Bonchev–Trinajstić information content (AvgIpc) is 2.92. The molecule has 0 aliphatic carbocycles. The molecule has 0 bridgehead atoms. The van der Waals surface area contributed by atoms with Crippen molar-refractivity contribution in [2.45, 2.75) is 32.8 Å². The molecule has 1 heterocycles. The highest BCUT2D eigenvalue weighted by Gasteiger charge is 2.31. The van der Waals surface area contributed by atoms with E-state index < -0.39 is 5.60 Å². The lowest BCUT2D eigenvalue weighted by Gasteiger charge is -2.23. The maximum absolute atomic E-state index is 9.74. The van der Waals surface area contributed by atoms with Crippen LogP contribution in [0.5, 0.6) is 5.75 Å². The van der Waals surface area contributed by atoms with Crippen LogP contribution in [0.2, 0.25) is 0 Å². The molecule has 5 nitrogen and oxygen atoms in total. The summed E-state index contributed by atoms with van der Waals surface area (Å²) in [5, 5.41) is 13.7. The number of nitrogens with zero attached hydrogens (tertiary/aromatic N) is 2. The average molecular weight is 388 g/mol. The van der Waals surface area contributed by atoms with Gasteiger partial charge in [0.05, 0.1) is 3.57 Å². The maximum Gasteiger partial charge on any atom is 0.258 e. The predicted molar refractivity (Wildman–Crippen MR) is 83.4 cm³/mol. The molecule has 2 rings (SSSR count). The Morgan fingerprint density at radius 1 is 1.40 bits per heavy atom. The molecule has 1 N–H and O–H groups in total. The number of hydrogen-bond acceptors (Lipinski definition) is 5. The number of aromatic hydroxyl groups is 1. The van der Waals surface area contributed by atoms with Crippen LogP contribution in [0.15, 0.2) is 22.7 Å². The number of phenols is 1. The zero-order valence-electron chi connectivity index (χ0n) is 11.7. The van der Waals surface area contributed by atoms with E-state index in [1.54, 1.807) is 12.1 Å². The highest BCUT2D eigenvalue weighted by molar-refractivity contribution is 14.1. The van der Waals surface area contributed by atoms with Crippen molar-refractivity contribution in [2.75, 3.05) is 6.61 Å². The summed E-state index contributed by atoms with van der Waals surface area (Å²) in [5.74, 6) is 1.10. The summed E-state index contributed by atoms with van der Waals surface area (Å²) in [6, 6.07) is 5.25. The molecule has 0 aliphatic rings. The van der Waals surface area contributed by atoms with Gasteiger partial charge in [-0.3, -0.25) is 0 Å². The normalized spacial score (nSPS) is 14.2. The lowest BCUT2D eigenvalue weighted by atomic mass is 10.0. The van der Waals surface area contributed by atoms with Crippen molar-refractivity contribution < 1.29 is 14.4 Å². The molecule has 0 saturated carbocycles. The van der Waals surface area contributed by atoms with Gasteiger partial charge < -0.3 is 14.4 Å². The van der Waals surface area contributed by atoms with E-state index in [0.29, 0.717) is 23.9 Å². The third kappa shape index (κ3) is 2.95. The van der Waals surface area contributed by atoms with Gasteiger partial charge in [-0.1, -0.05) is 12.1 Å². The summed E-state index contributed by atoms with van der Waals surface area (Å²) in [5.41, 5.74) is 0.137. The molecule has 1 unspecified atom stereocenters. The smallest absolute Gasteiger partial charge is 0.258 e. The SMILES string of the molecule is CCOC(C)(CC)c1noc(-c2ccc(I)c(O)c2)n1. The lowest BCUT2D eigenvalue weighted by molar-refractivity contribution is -0.0403. The third-order valence-corrected chi connectivity index (χ3v) is 4.14. The highest BCUT2D eigenvalue weighted by atomic mass is 127. The van der Waals surface area contributed by atoms with Crippen molar-refractivity contribution in [3.05, 3.63) is 27.6 Å². The molecule has 0 aliphatic heterocycles. The van der Waals surface area contributed by atoms with Gasteiger partial charge in [-0.25, -0.2) is 0 Å². The Hall–Kier alpha value is -1.15. The first kappa shape index (κ1) is 15.2. The number of phenolic OH excluding ortho intramolecular Hbond substituents is 1. The van der Waals surface area contributed by atoms with Crippen molar-refractivity contribution in [1.82, 2.24) is 10.1 Å². The van der Waals surface area contributed by atoms with Gasteiger partial charge in [0.2, 0.25) is 5.82 Å². The van der Waals surface area contributed by atoms with E-state index in [0.717, 1.165) is 9.99 Å². The summed E-state index contributed by atoms with van der Waals surface area (Å²) in [6.07, 6.45) is 0.748. The van der Waals surface area contributed by atoms with Crippen LogP contribution in [0, 0.1) is 3.57 Å². The zero-order chi connectivity index (χ0) is 14.8. The molecule has 6 heteroatoms. The Morgan fingerprint density at radius 3 is 2.75 bits per heavy atom. The summed E-state index contributed by atoms with van der Waals surface area (Å²) < 4.78 is 11.8. The second-order valence-electron chi connectivity index (χ2n) is 4.61. The van der Waals surface area contributed by atoms with Gasteiger partial charge in [0.15, 0.2) is 0 Å². The minimum atomic E-state index is -0.554. The van der Waals surface area contributed by atoms with Gasteiger partial charge in [-0.2, -0.15) is 4.98 Å². The van der Waals surface area contributed by atoms with Crippen LogP contribution < -0.4 is 0 Å². The second kappa shape index (κ2) is 6.09. The van der Waals surface area contributed by atoms with E-state index >= 15 is 0 Å². The molecule has 0 radical (unpaired) electrons. The van der Waals surface area contributed by atoms with Gasteiger partial charge in [-0.05, 0) is 61.1 Å². The van der Waals surface area contributed by atoms with Gasteiger partial charge >= 0.3 is 0 Å². The van der Waals surface area contributed by atoms with Gasteiger partial charge in [-0.15, -0.1) is 0 Å². The maximum atomic E-state index is 9.74. The minimum absolute atomic E-state index is 0.200. The van der Waals surface area contributed by atoms with Crippen LogP contribution in [-0.4, -0.2) is 21.9 Å². The number of halogens is 1. The fraction of sp³-hybridized carbons (Fsp3) is 0.429. The van der Waals surface area contributed by atoms with E-state index in [2.05, 4.69) is 32.7 Å². The lowest BCUT2D eigenvalue weighted by Crippen LogP contribution is -2.26. The van der Waals surface area contributed by atoms with Crippen molar-refractivity contribution in [3.8, 4) is 17.2 Å². The van der Waals surface area contributed by atoms with Crippen molar-refractivity contribution in [3.63, 3.8) is 0 Å². The molecule has 0 saturated heterocycles. The summed E-state index contributed by atoms with van der Waals surface area (Å²) >= 11 is 2.06. The van der Waals surface area contributed by atoms with E-state index in [1.807, 2.05) is 26.8 Å². The molecule has 0 amide bonds. The molecule has 1 atom stereocenters.